The lowest BCUT2D eigenvalue weighted by atomic mass is 9.55. The molecule has 23 heavy (non-hydrogen) atoms. The lowest BCUT2D eigenvalue weighted by molar-refractivity contribution is -0.161. The minimum absolute atomic E-state index is 0.0310. The molecule has 124 valence electrons. The average Bonchev–Trinajstić information content (AvgIpc) is 2.89. The Kier molecular flexibility index (Phi) is 3.36. The second-order valence-corrected chi connectivity index (χ2v) is 7.44. The monoisotopic (exact) mass is 317 g/mol. The summed E-state index contributed by atoms with van der Waals surface area (Å²) in [5.74, 6) is -1.36. The summed E-state index contributed by atoms with van der Waals surface area (Å²) in [4.78, 5) is 40.1. The van der Waals surface area contributed by atoms with Gasteiger partial charge in [0.15, 0.2) is 0 Å². The van der Waals surface area contributed by atoms with Crippen LogP contribution in [0.2, 0.25) is 0 Å². The number of methoxy groups -OCH3 is 1. The molecule has 5 heteroatoms. The summed E-state index contributed by atoms with van der Waals surface area (Å²) >= 11 is 0. The van der Waals surface area contributed by atoms with Crippen LogP contribution in [0.1, 0.15) is 44.9 Å². The third-order valence-corrected chi connectivity index (χ3v) is 6.44. The number of carbonyl (C=O) groups excluding carboxylic acids is 3. The van der Waals surface area contributed by atoms with E-state index in [4.69, 9.17) is 4.74 Å². The molecule has 1 aliphatic heterocycles. The van der Waals surface area contributed by atoms with Gasteiger partial charge in [-0.2, -0.15) is 0 Å². The van der Waals surface area contributed by atoms with E-state index < -0.39 is 11.3 Å². The van der Waals surface area contributed by atoms with Crippen molar-refractivity contribution in [2.24, 2.45) is 23.2 Å². The van der Waals surface area contributed by atoms with Crippen molar-refractivity contribution < 1.29 is 19.1 Å². The Labute approximate surface area is 136 Å². The van der Waals surface area contributed by atoms with E-state index >= 15 is 0 Å². The first kappa shape index (κ1) is 14.9. The van der Waals surface area contributed by atoms with Crippen LogP contribution in [0.25, 0.3) is 0 Å². The zero-order valence-electron chi connectivity index (χ0n) is 13.5. The standard InChI is InChI=1S/C18H23NO4/c1-23-17(22)18-9-7-11(8-10-18)13-14(18)16(21)19(15(13)20)12-5-3-2-4-6-12/h7,9,11-14H,2-6,8,10H2,1H3/t11-,13-,14-,18-/m0/s1. The van der Waals surface area contributed by atoms with Crippen LogP contribution in [-0.2, 0) is 19.1 Å². The van der Waals surface area contributed by atoms with Crippen LogP contribution >= 0.6 is 0 Å². The SMILES string of the molecule is COC(=O)[C@@]12C=C[C@@H](CC1)[C@@H]1C(=O)N(C3CCCCC3)C(=O)[C@H]12. The van der Waals surface area contributed by atoms with E-state index in [0.717, 1.165) is 32.1 Å². The number of esters is 1. The van der Waals surface area contributed by atoms with Crippen LogP contribution in [0.4, 0.5) is 0 Å². The molecule has 3 fully saturated rings. The third-order valence-electron chi connectivity index (χ3n) is 6.44. The summed E-state index contributed by atoms with van der Waals surface area (Å²) in [6.45, 7) is 0. The van der Waals surface area contributed by atoms with Gasteiger partial charge in [0.1, 0.15) is 0 Å². The molecule has 1 heterocycles. The van der Waals surface area contributed by atoms with Crippen molar-refractivity contribution in [2.75, 3.05) is 7.11 Å². The molecule has 5 rings (SSSR count). The average molecular weight is 317 g/mol. The Bertz CT molecular complexity index is 592. The molecule has 4 atom stereocenters. The first-order valence-electron chi connectivity index (χ1n) is 8.75. The highest BCUT2D eigenvalue weighted by Gasteiger charge is 2.66. The number of amides is 2. The Balaban J connectivity index is 1.73. The number of ether oxygens (including phenoxy) is 1. The van der Waals surface area contributed by atoms with Gasteiger partial charge in [0.2, 0.25) is 11.8 Å². The Morgan fingerprint density at radius 2 is 1.91 bits per heavy atom. The van der Waals surface area contributed by atoms with Crippen molar-refractivity contribution in [1.29, 1.82) is 0 Å². The zero-order valence-corrected chi connectivity index (χ0v) is 13.5. The highest BCUT2D eigenvalue weighted by molar-refractivity contribution is 6.09. The maximum Gasteiger partial charge on any atom is 0.316 e. The molecule has 0 aromatic heterocycles. The fraction of sp³-hybridized carbons (Fsp3) is 0.722. The number of rotatable bonds is 2. The van der Waals surface area contributed by atoms with Crippen LogP contribution < -0.4 is 0 Å². The van der Waals surface area contributed by atoms with Gasteiger partial charge in [-0.05, 0) is 31.6 Å². The van der Waals surface area contributed by atoms with Crippen LogP contribution in [-0.4, -0.2) is 35.8 Å². The fourth-order valence-electron chi connectivity index (χ4n) is 5.31. The molecule has 0 N–H and O–H groups in total. The number of likely N-dealkylation sites (tertiary alicyclic amines) is 1. The normalized spacial score (nSPS) is 39.7. The lowest BCUT2D eigenvalue weighted by Crippen LogP contribution is -2.51. The summed E-state index contributed by atoms with van der Waals surface area (Å²) in [5, 5.41) is 0. The molecule has 2 bridgehead atoms. The molecule has 1 saturated heterocycles. The van der Waals surface area contributed by atoms with E-state index in [2.05, 4.69) is 0 Å². The molecule has 2 saturated carbocycles. The summed E-state index contributed by atoms with van der Waals surface area (Å²) in [6, 6.07) is 0.0310. The van der Waals surface area contributed by atoms with Crippen molar-refractivity contribution in [2.45, 2.75) is 51.0 Å². The van der Waals surface area contributed by atoms with Gasteiger partial charge < -0.3 is 4.74 Å². The second-order valence-electron chi connectivity index (χ2n) is 7.44. The van der Waals surface area contributed by atoms with Gasteiger partial charge in [0, 0.05) is 6.04 Å². The molecule has 0 spiro atoms. The molecule has 0 unspecified atom stereocenters. The first-order chi connectivity index (χ1) is 11.1. The van der Waals surface area contributed by atoms with Crippen LogP contribution in [0.5, 0.6) is 0 Å². The summed E-state index contributed by atoms with van der Waals surface area (Å²) in [5.41, 5.74) is -0.926. The predicted octanol–water partition coefficient (Wildman–Crippen LogP) is 2.06. The molecule has 5 aliphatic rings. The molecule has 5 nitrogen and oxygen atoms in total. The van der Waals surface area contributed by atoms with Crippen LogP contribution in [0.15, 0.2) is 12.2 Å². The number of fused-ring (bicyclic) bond motifs is 1. The van der Waals surface area contributed by atoms with Gasteiger partial charge in [0.25, 0.3) is 0 Å². The van der Waals surface area contributed by atoms with Gasteiger partial charge in [0.05, 0.1) is 24.4 Å². The summed E-state index contributed by atoms with van der Waals surface area (Å²) in [7, 11) is 1.36. The van der Waals surface area contributed by atoms with Crippen LogP contribution in [0, 0.1) is 23.2 Å². The van der Waals surface area contributed by atoms with Crippen molar-refractivity contribution >= 4 is 17.8 Å². The number of imide groups is 1. The molecule has 2 amide bonds. The fourth-order valence-corrected chi connectivity index (χ4v) is 5.31. The quantitative estimate of drug-likeness (QED) is 0.444. The smallest absolute Gasteiger partial charge is 0.316 e. The number of allylic oxidation sites excluding steroid dienone is 1. The van der Waals surface area contributed by atoms with E-state index in [-0.39, 0.29) is 35.7 Å². The minimum Gasteiger partial charge on any atom is -0.468 e. The summed E-state index contributed by atoms with van der Waals surface area (Å²) < 4.78 is 5.01. The maximum atomic E-state index is 13.1. The van der Waals surface area contributed by atoms with Crippen molar-refractivity contribution in [3.8, 4) is 0 Å². The van der Waals surface area contributed by atoms with Crippen molar-refractivity contribution in [1.82, 2.24) is 4.90 Å². The van der Waals surface area contributed by atoms with Gasteiger partial charge >= 0.3 is 5.97 Å². The largest absolute Gasteiger partial charge is 0.468 e. The maximum absolute atomic E-state index is 13.1. The summed E-state index contributed by atoms with van der Waals surface area (Å²) in [6.07, 6.45) is 10.3. The topological polar surface area (TPSA) is 63.7 Å². The molecule has 0 aromatic carbocycles. The minimum atomic E-state index is -0.926. The third kappa shape index (κ3) is 1.88. The molecule has 4 aliphatic carbocycles. The van der Waals surface area contributed by atoms with E-state index in [9.17, 15) is 14.4 Å². The Morgan fingerprint density at radius 3 is 2.52 bits per heavy atom. The van der Waals surface area contributed by atoms with Crippen LogP contribution in [0.3, 0.4) is 0 Å². The highest BCUT2D eigenvalue weighted by atomic mass is 16.5. The number of carbonyl (C=O) groups is 3. The Morgan fingerprint density at radius 1 is 1.17 bits per heavy atom. The predicted molar refractivity (Wildman–Crippen MR) is 82.0 cm³/mol. The van der Waals surface area contributed by atoms with E-state index in [1.807, 2.05) is 12.2 Å². The van der Waals surface area contributed by atoms with E-state index in [0.29, 0.717) is 6.42 Å². The number of hydrogen-bond acceptors (Lipinski definition) is 4. The molecular formula is C18H23NO4. The van der Waals surface area contributed by atoms with Crippen molar-refractivity contribution in [3.05, 3.63) is 12.2 Å². The van der Waals surface area contributed by atoms with Crippen molar-refractivity contribution in [3.63, 3.8) is 0 Å². The van der Waals surface area contributed by atoms with Gasteiger partial charge in [-0.15, -0.1) is 0 Å². The molecule has 0 aromatic rings. The van der Waals surface area contributed by atoms with Gasteiger partial charge in [-0.3, -0.25) is 19.3 Å². The first-order valence-corrected chi connectivity index (χ1v) is 8.75. The highest BCUT2D eigenvalue weighted by Crippen LogP contribution is 2.57. The molecule has 0 radical (unpaired) electrons. The molecular weight excluding hydrogens is 294 g/mol. The zero-order chi connectivity index (χ0) is 16.2. The van der Waals surface area contributed by atoms with E-state index in [1.165, 1.54) is 18.4 Å². The lowest BCUT2D eigenvalue weighted by Gasteiger charge is -2.45. The van der Waals surface area contributed by atoms with Gasteiger partial charge in [-0.25, -0.2) is 0 Å². The van der Waals surface area contributed by atoms with Gasteiger partial charge in [-0.1, -0.05) is 31.4 Å². The number of hydrogen-bond donors (Lipinski definition) is 0. The Hall–Kier alpha value is -1.65. The number of nitrogens with zero attached hydrogens (tertiary/aromatic N) is 1. The van der Waals surface area contributed by atoms with E-state index in [1.54, 1.807) is 0 Å². The second kappa shape index (κ2) is 5.18.